The van der Waals surface area contributed by atoms with E-state index in [1.807, 2.05) is 0 Å². The second-order valence-corrected chi connectivity index (χ2v) is 8.59. The van der Waals surface area contributed by atoms with Crippen molar-refractivity contribution < 1.29 is 13.2 Å². The first kappa shape index (κ1) is 17.9. The fourth-order valence-electron chi connectivity index (χ4n) is 2.79. The van der Waals surface area contributed by atoms with Crippen molar-refractivity contribution in [2.45, 2.75) is 37.6 Å². The van der Waals surface area contributed by atoms with Crippen LogP contribution in [0.5, 0.6) is 0 Å². The highest BCUT2D eigenvalue weighted by Gasteiger charge is 2.20. The second kappa shape index (κ2) is 7.45. The highest BCUT2D eigenvalue weighted by Crippen LogP contribution is 2.17. The van der Waals surface area contributed by atoms with E-state index in [0.717, 1.165) is 25.3 Å². The van der Waals surface area contributed by atoms with Crippen LogP contribution in [0.3, 0.4) is 0 Å². The molecule has 1 heterocycles. The number of hydrogen-bond acceptors (Lipinski definition) is 4. The molecule has 5 nitrogen and oxygen atoms in total. The molecule has 1 unspecified atom stereocenters. The quantitative estimate of drug-likeness (QED) is 0.891. The first-order valence-corrected chi connectivity index (χ1v) is 9.99. The third-order valence-corrected chi connectivity index (χ3v) is 5.67. The molecule has 0 saturated carbocycles. The number of nitrogens with zero attached hydrogens (tertiary/aromatic N) is 1. The van der Waals surface area contributed by atoms with Gasteiger partial charge in [-0.2, -0.15) is 0 Å². The molecule has 1 amide bonds. The number of hydrogen-bond donors (Lipinski definition) is 1. The Bertz CT molecular complexity index is 632. The van der Waals surface area contributed by atoms with E-state index in [1.165, 1.54) is 25.0 Å². The van der Waals surface area contributed by atoms with Gasteiger partial charge in [-0.05, 0) is 63.0 Å². The SMILES string of the molecule is CC1CCN(C(C)CNC(=O)c2ccc(S(C)(=O)=O)cc2)CC1. The molecule has 1 aromatic carbocycles. The van der Waals surface area contributed by atoms with Crippen molar-refractivity contribution in [3.8, 4) is 0 Å². The number of likely N-dealkylation sites (tertiary alicyclic amines) is 1. The number of amides is 1. The monoisotopic (exact) mass is 338 g/mol. The zero-order valence-electron chi connectivity index (χ0n) is 14.1. The Hall–Kier alpha value is -1.40. The maximum atomic E-state index is 12.2. The van der Waals surface area contributed by atoms with Gasteiger partial charge in [-0.3, -0.25) is 9.69 Å². The molecular weight excluding hydrogens is 312 g/mol. The van der Waals surface area contributed by atoms with E-state index in [2.05, 4.69) is 24.1 Å². The molecule has 1 fully saturated rings. The fraction of sp³-hybridized carbons (Fsp3) is 0.588. The molecule has 1 aliphatic heterocycles. The van der Waals surface area contributed by atoms with Crippen LogP contribution < -0.4 is 5.32 Å². The van der Waals surface area contributed by atoms with Gasteiger partial charge in [0.05, 0.1) is 4.90 Å². The predicted molar refractivity (Wildman–Crippen MR) is 91.3 cm³/mol. The molecule has 2 rings (SSSR count). The minimum atomic E-state index is -3.23. The number of carbonyl (C=O) groups is 1. The lowest BCUT2D eigenvalue weighted by Crippen LogP contribution is -2.45. The predicted octanol–water partition coefficient (Wildman–Crippen LogP) is 1.94. The number of benzene rings is 1. The van der Waals surface area contributed by atoms with E-state index < -0.39 is 9.84 Å². The zero-order chi connectivity index (χ0) is 17.0. The molecule has 0 aromatic heterocycles. The van der Waals surface area contributed by atoms with Gasteiger partial charge < -0.3 is 5.32 Å². The summed E-state index contributed by atoms with van der Waals surface area (Å²) in [5, 5.41) is 2.94. The lowest BCUT2D eigenvalue weighted by molar-refractivity contribution is 0.0921. The molecule has 1 aliphatic rings. The minimum Gasteiger partial charge on any atom is -0.350 e. The maximum Gasteiger partial charge on any atom is 0.251 e. The summed E-state index contributed by atoms with van der Waals surface area (Å²) in [4.78, 5) is 14.8. The molecular formula is C17H26N2O3S. The van der Waals surface area contributed by atoms with E-state index in [9.17, 15) is 13.2 Å². The molecule has 1 saturated heterocycles. The summed E-state index contributed by atoms with van der Waals surface area (Å²) in [6, 6.07) is 6.36. The van der Waals surface area contributed by atoms with Gasteiger partial charge in [0.25, 0.3) is 5.91 Å². The molecule has 23 heavy (non-hydrogen) atoms. The number of piperidine rings is 1. The molecule has 1 N–H and O–H groups in total. The second-order valence-electron chi connectivity index (χ2n) is 6.57. The van der Waals surface area contributed by atoms with E-state index in [1.54, 1.807) is 12.1 Å². The van der Waals surface area contributed by atoms with Gasteiger partial charge in [-0.15, -0.1) is 0 Å². The lowest BCUT2D eigenvalue weighted by atomic mass is 9.98. The van der Waals surface area contributed by atoms with Crippen LogP contribution in [0.4, 0.5) is 0 Å². The summed E-state index contributed by atoms with van der Waals surface area (Å²) in [5.41, 5.74) is 0.483. The Morgan fingerprint density at radius 1 is 1.26 bits per heavy atom. The maximum absolute atomic E-state index is 12.2. The normalized spacial score (nSPS) is 18.6. The van der Waals surface area contributed by atoms with E-state index in [0.29, 0.717) is 18.2 Å². The van der Waals surface area contributed by atoms with Crippen LogP contribution in [-0.4, -0.2) is 51.2 Å². The third-order valence-electron chi connectivity index (χ3n) is 4.54. The Kier molecular flexibility index (Phi) is 5.81. The fourth-order valence-corrected chi connectivity index (χ4v) is 3.42. The average molecular weight is 338 g/mol. The summed E-state index contributed by atoms with van der Waals surface area (Å²) in [7, 11) is -3.23. The molecule has 1 atom stereocenters. The first-order chi connectivity index (χ1) is 10.8. The third kappa shape index (κ3) is 5.04. The Balaban J connectivity index is 1.87. The standard InChI is InChI=1S/C17H26N2O3S/c1-13-8-10-19(11-9-13)14(2)12-18-17(20)15-4-6-16(7-5-15)23(3,21)22/h4-7,13-14H,8-12H2,1-3H3,(H,18,20). The molecule has 6 heteroatoms. The minimum absolute atomic E-state index is 0.165. The van der Waals surface area contributed by atoms with Gasteiger partial charge in [-0.25, -0.2) is 8.42 Å². The molecule has 1 aromatic rings. The topological polar surface area (TPSA) is 66.5 Å². The van der Waals surface area contributed by atoms with Gasteiger partial charge in [0.1, 0.15) is 0 Å². The van der Waals surface area contributed by atoms with Gasteiger partial charge in [0, 0.05) is 24.4 Å². The Morgan fingerprint density at radius 2 is 1.83 bits per heavy atom. The zero-order valence-corrected chi connectivity index (χ0v) is 14.9. The summed E-state index contributed by atoms with van der Waals surface area (Å²) >= 11 is 0. The van der Waals surface area contributed by atoms with Crippen LogP contribution in [0, 0.1) is 5.92 Å². The molecule has 0 aliphatic carbocycles. The van der Waals surface area contributed by atoms with Gasteiger partial charge in [0.15, 0.2) is 9.84 Å². The molecule has 0 spiro atoms. The van der Waals surface area contributed by atoms with Crippen LogP contribution in [0.1, 0.15) is 37.0 Å². The number of rotatable bonds is 5. The number of sulfone groups is 1. The lowest BCUT2D eigenvalue weighted by Gasteiger charge is -2.35. The largest absolute Gasteiger partial charge is 0.350 e. The summed E-state index contributed by atoms with van der Waals surface area (Å²) in [6.45, 7) is 7.18. The molecule has 128 valence electrons. The molecule has 0 radical (unpaired) electrons. The summed E-state index contributed by atoms with van der Waals surface area (Å²) in [5.74, 6) is 0.628. The van der Waals surface area contributed by atoms with Crippen LogP contribution in [0.2, 0.25) is 0 Å². The molecule has 0 bridgehead atoms. The Labute approximate surface area is 139 Å². The van der Waals surface area contributed by atoms with Crippen LogP contribution in [0.15, 0.2) is 29.2 Å². The van der Waals surface area contributed by atoms with Crippen molar-refractivity contribution in [3.63, 3.8) is 0 Å². The van der Waals surface area contributed by atoms with Crippen molar-refractivity contribution in [1.29, 1.82) is 0 Å². The van der Waals surface area contributed by atoms with Crippen molar-refractivity contribution in [2.75, 3.05) is 25.9 Å². The smallest absolute Gasteiger partial charge is 0.251 e. The van der Waals surface area contributed by atoms with Crippen molar-refractivity contribution >= 4 is 15.7 Å². The number of carbonyl (C=O) groups excluding carboxylic acids is 1. The van der Waals surface area contributed by atoms with Crippen molar-refractivity contribution in [3.05, 3.63) is 29.8 Å². The average Bonchev–Trinajstić information content (AvgIpc) is 2.52. The van der Waals surface area contributed by atoms with E-state index in [4.69, 9.17) is 0 Å². The number of nitrogens with one attached hydrogen (secondary N) is 1. The highest BCUT2D eigenvalue weighted by atomic mass is 32.2. The van der Waals surface area contributed by atoms with Crippen molar-refractivity contribution in [1.82, 2.24) is 10.2 Å². The summed E-state index contributed by atoms with van der Waals surface area (Å²) < 4.78 is 22.8. The first-order valence-electron chi connectivity index (χ1n) is 8.09. The van der Waals surface area contributed by atoms with E-state index >= 15 is 0 Å². The van der Waals surface area contributed by atoms with Crippen LogP contribution in [0.25, 0.3) is 0 Å². The highest BCUT2D eigenvalue weighted by molar-refractivity contribution is 7.90. The summed E-state index contributed by atoms with van der Waals surface area (Å²) in [6.07, 6.45) is 3.58. The van der Waals surface area contributed by atoms with Crippen LogP contribution >= 0.6 is 0 Å². The van der Waals surface area contributed by atoms with Crippen LogP contribution in [-0.2, 0) is 9.84 Å². The van der Waals surface area contributed by atoms with Gasteiger partial charge >= 0.3 is 0 Å². The Morgan fingerprint density at radius 3 is 2.35 bits per heavy atom. The van der Waals surface area contributed by atoms with Crippen molar-refractivity contribution in [2.24, 2.45) is 5.92 Å². The van der Waals surface area contributed by atoms with Gasteiger partial charge in [0.2, 0.25) is 0 Å². The van der Waals surface area contributed by atoms with Gasteiger partial charge in [-0.1, -0.05) is 6.92 Å². The van der Waals surface area contributed by atoms with E-state index in [-0.39, 0.29) is 10.8 Å².